The summed E-state index contributed by atoms with van der Waals surface area (Å²) in [7, 11) is 1.55. The molecule has 0 spiro atoms. The lowest BCUT2D eigenvalue weighted by molar-refractivity contribution is -0.136. The number of methoxy groups -OCH3 is 1. The smallest absolute Gasteiger partial charge is 0.328 e. The molecule has 0 aliphatic rings. The van der Waals surface area contributed by atoms with Crippen LogP contribution in [0.25, 0.3) is 10.9 Å². The van der Waals surface area contributed by atoms with Crippen LogP contribution in [0.2, 0.25) is 10.0 Å². The summed E-state index contributed by atoms with van der Waals surface area (Å²) in [5.41, 5.74) is 3.57. The fourth-order valence-electron chi connectivity index (χ4n) is 2.89. The van der Waals surface area contributed by atoms with Gasteiger partial charge in [-0.15, -0.1) is 0 Å². The van der Waals surface area contributed by atoms with Crippen molar-refractivity contribution in [3.63, 3.8) is 0 Å². The molecule has 0 aliphatic carbocycles. The van der Waals surface area contributed by atoms with Crippen molar-refractivity contribution < 1.29 is 19.1 Å². The molecule has 3 aromatic rings. The first kappa shape index (κ1) is 22.6. The number of benzene rings is 2. The summed E-state index contributed by atoms with van der Waals surface area (Å²) in [5.74, 6) is -2.25. The predicted octanol–water partition coefficient (Wildman–Crippen LogP) is 3.42. The number of aromatic nitrogens is 1. The van der Waals surface area contributed by atoms with E-state index in [-0.39, 0.29) is 12.2 Å². The molecule has 162 valence electrons. The summed E-state index contributed by atoms with van der Waals surface area (Å²) in [4.78, 5) is 37.5. The molecule has 0 saturated carbocycles. The maximum absolute atomic E-state index is 12.9. The Morgan fingerprint density at radius 2 is 1.77 bits per heavy atom. The molecular weight excluding hydrogens is 443 g/mol. The second-order valence-electron chi connectivity index (χ2n) is 6.58. The molecule has 0 aliphatic heterocycles. The minimum absolute atomic E-state index is 0.109. The number of rotatable bonds is 7. The van der Waals surface area contributed by atoms with E-state index in [4.69, 9.17) is 27.9 Å². The van der Waals surface area contributed by atoms with Gasteiger partial charge >= 0.3 is 11.8 Å². The number of halogens is 2. The average Bonchev–Trinajstić information content (AvgIpc) is 3.08. The summed E-state index contributed by atoms with van der Waals surface area (Å²) in [6.07, 6.45) is 0.563. The second kappa shape index (κ2) is 10.3. The average molecular weight is 463 g/mol. The lowest BCUT2D eigenvalue weighted by Gasteiger charge is -2.13. The van der Waals surface area contributed by atoms with E-state index in [1.165, 1.54) is 4.68 Å². The number of nitrogens with zero attached hydrogens (tertiary/aromatic N) is 1. The first-order valence-corrected chi connectivity index (χ1v) is 10.1. The van der Waals surface area contributed by atoms with Gasteiger partial charge in [-0.3, -0.25) is 19.8 Å². The van der Waals surface area contributed by atoms with Crippen LogP contribution in [0.1, 0.15) is 16.9 Å². The van der Waals surface area contributed by atoms with Gasteiger partial charge < -0.3 is 15.4 Å². The zero-order chi connectivity index (χ0) is 22.4. The third-order valence-corrected chi connectivity index (χ3v) is 4.78. The van der Waals surface area contributed by atoms with Crippen molar-refractivity contribution in [2.75, 3.05) is 31.0 Å². The Hall–Kier alpha value is -3.07. The predicted molar refractivity (Wildman–Crippen MR) is 120 cm³/mol. The van der Waals surface area contributed by atoms with Crippen molar-refractivity contribution >= 4 is 57.5 Å². The zero-order valence-electron chi connectivity index (χ0n) is 16.6. The highest BCUT2D eigenvalue weighted by Crippen LogP contribution is 2.24. The number of nitrogens with one attached hydrogen (secondary N) is 3. The maximum Gasteiger partial charge on any atom is 0.328 e. The van der Waals surface area contributed by atoms with Gasteiger partial charge in [-0.1, -0.05) is 29.3 Å². The molecular formula is C21H20Cl2N4O4. The molecule has 31 heavy (non-hydrogen) atoms. The SMILES string of the molecule is COCCCNC(=O)C(=O)Nn1c(C(=O)Nc2cccc(Cl)c2)cc2cc(Cl)ccc21. The quantitative estimate of drug-likeness (QED) is 0.369. The van der Waals surface area contributed by atoms with Gasteiger partial charge in [0.2, 0.25) is 0 Å². The van der Waals surface area contributed by atoms with E-state index in [9.17, 15) is 14.4 Å². The van der Waals surface area contributed by atoms with Crippen LogP contribution >= 0.6 is 23.2 Å². The molecule has 1 aromatic heterocycles. The molecule has 0 bridgehead atoms. The Morgan fingerprint density at radius 1 is 1.00 bits per heavy atom. The number of anilines is 1. The lowest BCUT2D eigenvalue weighted by Crippen LogP contribution is -2.40. The van der Waals surface area contributed by atoms with Gasteiger partial charge in [0.15, 0.2) is 0 Å². The molecule has 0 unspecified atom stereocenters. The maximum atomic E-state index is 12.9. The van der Waals surface area contributed by atoms with Crippen LogP contribution in [-0.2, 0) is 14.3 Å². The summed E-state index contributed by atoms with van der Waals surface area (Å²) in [6, 6.07) is 13.1. The van der Waals surface area contributed by atoms with E-state index in [0.29, 0.717) is 39.7 Å². The van der Waals surface area contributed by atoms with Crippen LogP contribution in [-0.4, -0.2) is 42.7 Å². The Bertz CT molecular complexity index is 1130. The van der Waals surface area contributed by atoms with Gasteiger partial charge in [0.25, 0.3) is 5.91 Å². The van der Waals surface area contributed by atoms with Gasteiger partial charge in [-0.2, -0.15) is 0 Å². The number of carbonyl (C=O) groups excluding carboxylic acids is 3. The molecule has 0 radical (unpaired) electrons. The number of fused-ring (bicyclic) bond motifs is 1. The van der Waals surface area contributed by atoms with Crippen LogP contribution in [0.15, 0.2) is 48.5 Å². The van der Waals surface area contributed by atoms with Crippen molar-refractivity contribution in [2.45, 2.75) is 6.42 Å². The fourth-order valence-corrected chi connectivity index (χ4v) is 3.26. The molecule has 0 saturated heterocycles. The highest BCUT2D eigenvalue weighted by molar-refractivity contribution is 6.38. The number of hydrogen-bond acceptors (Lipinski definition) is 4. The van der Waals surface area contributed by atoms with Gasteiger partial charge in [0.1, 0.15) is 5.69 Å². The van der Waals surface area contributed by atoms with Crippen molar-refractivity contribution in [1.29, 1.82) is 0 Å². The van der Waals surface area contributed by atoms with E-state index in [1.54, 1.807) is 55.6 Å². The van der Waals surface area contributed by atoms with Crippen LogP contribution in [0, 0.1) is 0 Å². The topological polar surface area (TPSA) is 101 Å². The number of hydrogen-bond donors (Lipinski definition) is 3. The Labute approximate surface area is 188 Å². The van der Waals surface area contributed by atoms with Crippen LogP contribution < -0.4 is 16.1 Å². The molecule has 3 amide bonds. The molecule has 8 nitrogen and oxygen atoms in total. The third-order valence-electron chi connectivity index (χ3n) is 4.31. The van der Waals surface area contributed by atoms with Crippen molar-refractivity contribution in [3.05, 3.63) is 64.3 Å². The standard InChI is InChI=1S/C21H20Cl2N4O4/c1-31-9-3-8-24-20(29)21(30)26-27-17-7-6-15(23)10-13(17)11-18(27)19(28)25-16-5-2-4-14(22)12-16/h2,4-7,10-12H,3,8-9H2,1H3,(H,24,29)(H,25,28)(H,26,30). The highest BCUT2D eigenvalue weighted by Gasteiger charge is 2.21. The van der Waals surface area contributed by atoms with E-state index in [0.717, 1.165) is 0 Å². The second-order valence-corrected chi connectivity index (χ2v) is 7.45. The molecule has 0 fully saturated rings. The Kier molecular flexibility index (Phi) is 7.51. The Balaban J connectivity index is 1.85. The minimum Gasteiger partial charge on any atom is -0.385 e. The number of carbonyl (C=O) groups is 3. The molecule has 3 N–H and O–H groups in total. The highest BCUT2D eigenvalue weighted by atomic mass is 35.5. The molecule has 3 rings (SSSR count). The molecule has 10 heteroatoms. The number of ether oxygens (including phenoxy) is 1. The first-order valence-electron chi connectivity index (χ1n) is 9.35. The zero-order valence-corrected chi connectivity index (χ0v) is 18.1. The Morgan fingerprint density at radius 3 is 2.52 bits per heavy atom. The lowest BCUT2D eigenvalue weighted by atomic mass is 10.2. The number of amides is 3. The van der Waals surface area contributed by atoms with Gasteiger partial charge in [0, 0.05) is 41.4 Å². The largest absolute Gasteiger partial charge is 0.385 e. The van der Waals surface area contributed by atoms with Crippen molar-refractivity contribution in [2.24, 2.45) is 0 Å². The summed E-state index contributed by atoms with van der Waals surface area (Å²) < 4.78 is 6.16. The van der Waals surface area contributed by atoms with Crippen LogP contribution in [0.4, 0.5) is 5.69 Å². The summed E-state index contributed by atoms with van der Waals surface area (Å²) in [6.45, 7) is 0.739. The van der Waals surface area contributed by atoms with Crippen LogP contribution in [0.3, 0.4) is 0 Å². The first-order chi connectivity index (χ1) is 14.9. The van der Waals surface area contributed by atoms with Gasteiger partial charge in [0.05, 0.1) is 5.52 Å². The van der Waals surface area contributed by atoms with Gasteiger partial charge in [-0.25, -0.2) is 4.68 Å². The molecule has 2 aromatic carbocycles. The van der Waals surface area contributed by atoms with E-state index in [1.807, 2.05) is 0 Å². The van der Waals surface area contributed by atoms with E-state index in [2.05, 4.69) is 16.1 Å². The fraction of sp³-hybridized carbons (Fsp3) is 0.190. The van der Waals surface area contributed by atoms with E-state index >= 15 is 0 Å². The van der Waals surface area contributed by atoms with Crippen LogP contribution in [0.5, 0.6) is 0 Å². The summed E-state index contributed by atoms with van der Waals surface area (Å²) >= 11 is 12.0. The van der Waals surface area contributed by atoms with E-state index < -0.39 is 17.7 Å². The normalized spacial score (nSPS) is 10.7. The molecule has 1 heterocycles. The van der Waals surface area contributed by atoms with Crippen molar-refractivity contribution in [1.82, 2.24) is 9.99 Å². The minimum atomic E-state index is -0.915. The van der Waals surface area contributed by atoms with Gasteiger partial charge in [-0.05, 0) is 48.9 Å². The third kappa shape index (κ3) is 5.75. The molecule has 0 atom stereocenters. The monoisotopic (exact) mass is 462 g/mol. The summed E-state index contributed by atoms with van der Waals surface area (Å²) in [5, 5.41) is 6.77. The van der Waals surface area contributed by atoms with Crippen molar-refractivity contribution in [3.8, 4) is 0 Å².